The predicted molar refractivity (Wildman–Crippen MR) is 78.3 cm³/mol. The second-order valence-electron chi connectivity index (χ2n) is 5.75. The third kappa shape index (κ3) is 3.69. The Hall–Kier alpha value is -1.09. The summed E-state index contributed by atoms with van der Waals surface area (Å²) in [4.78, 5) is 4.33. The van der Waals surface area contributed by atoms with Crippen molar-refractivity contribution in [1.29, 1.82) is 0 Å². The van der Waals surface area contributed by atoms with Crippen molar-refractivity contribution in [2.24, 2.45) is 11.8 Å². The van der Waals surface area contributed by atoms with E-state index in [1.807, 2.05) is 19.4 Å². The summed E-state index contributed by atoms with van der Waals surface area (Å²) in [7, 11) is 2.05. The molecule has 1 saturated carbocycles. The van der Waals surface area contributed by atoms with Crippen LogP contribution in [0.25, 0.3) is 0 Å². The van der Waals surface area contributed by atoms with Crippen LogP contribution in [0.5, 0.6) is 5.75 Å². The molecule has 3 unspecified atom stereocenters. The van der Waals surface area contributed by atoms with E-state index in [1.165, 1.54) is 24.8 Å². The van der Waals surface area contributed by atoms with Gasteiger partial charge in [-0.05, 0) is 49.8 Å². The molecular weight excluding hydrogens is 236 g/mol. The lowest BCUT2D eigenvalue weighted by Crippen LogP contribution is -2.24. The maximum Gasteiger partial charge on any atom is 0.137 e. The lowest BCUT2D eigenvalue weighted by Gasteiger charge is -2.23. The molecule has 3 heteroatoms. The van der Waals surface area contributed by atoms with Gasteiger partial charge in [0.1, 0.15) is 5.75 Å². The number of pyridine rings is 1. The lowest BCUT2D eigenvalue weighted by atomic mass is 9.92. The molecule has 0 spiro atoms. The van der Waals surface area contributed by atoms with Gasteiger partial charge in [-0.25, -0.2) is 0 Å². The van der Waals surface area contributed by atoms with Gasteiger partial charge in [0, 0.05) is 12.2 Å². The fourth-order valence-electron chi connectivity index (χ4n) is 3.13. The van der Waals surface area contributed by atoms with Crippen LogP contribution in [0.4, 0.5) is 0 Å². The van der Waals surface area contributed by atoms with E-state index in [1.54, 1.807) is 0 Å². The highest BCUT2D eigenvalue weighted by molar-refractivity contribution is 5.26. The monoisotopic (exact) mass is 262 g/mol. The molecule has 0 radical (unpaired) electrons. The Morgan fingerprint density at radius 2 is 2.26 bits per heavy atom. The van der Waals surface area contributed by atoms with Crippen LogP contribution in [0.1, 0.15) is 51.1 Å². The highest BCUT2D eigenvalue weighted by atomic mass is 16.5. The molecule has 19 heavy (non-hydrogen) atoms. The number of nitrogens with one attached hydrogen (secondary N) is 1. The molecule has 0 aromatic carbocycles. The van der Waals surface area contributed by atoms with E-state index >= 15 is 0 Å². The van der Waals surface area contributed by atoms with Gasteiger partial charge in [-0.15, -0.1) is 0 Å². The molecule has 1 aromatic rings. The van der Waals surface area contributed by atoms with E-state index in [2.05, 4.69) is 30.2 Å². The minimum absolute atomic E-state index is 0.405. The van der Waals surface area contributed by atoms with E-state index in [0.29, 0.717) is 6.04 Å². The number of hydrogen-bond donors (Lipinski definition) is 1. The first kappa shape index (κ1) is 14.3. The van der Waals surface area contributed by atoms with Crippen molar-refractivity contribution >= 4 is 0 Å². The smallest absolute Gasteiger partial charge is 0.137 e. The van der Waals surface area contributed by atoms with Crippen molar-refractivity contribution in [3.63, 3.8) is 0 Å². The van der Waals surface area contributed by atoms with Crippen LogP contribution in [0.3, 0.4) is 0 Å². The van der Waals surface area contributed by atoms with Gasteiger partial charge in [-0.2, -0.15) is 0 Å². The maximum absolute atomic E-state index is 5.68. The summed E-state index contributed by atoms with van der Waals surface area (Å²) < 4.78 is 5.68. The number of nitrogens with zero attached hydrogens (tertiary/aromatic N) is 1. The van der Waals surface area contributed by atoms with Gasteiger partial charge < -0.3 is 10.1 Å². The van der Waals surface area contributed by atoms with Gasteiger partial charge in [0.05, 0.1) is 12.8 Å². The Morgan fingerprint density at radius 1 is 1.42 bits per heavy atom. The van der Waals surface area contributed by atoms with E-state index in [9.17, 15) is 0 Å². The molecule has 0 saturated heterocycles. The molecule has 1 aliphatic carbocycles. The lowest BCUT2D eigenvalue weighted by molar-refractivity contribution is 0.314. The fraction of sp³-hybridized carbons (Fsp3) is 0.688. The SMILES string of the molecule is CCCOc1cncc(C(NC)C2CCC(C)C2)c1. The van der Waals surface area contributed by atoms with Crippen molar-refractivity contribution in [2.45, 2.75) is 45.6 Å². The molecule has 1 N–H and O–H groups in total. The van der Waals surface area contributed by atoms with Crippen LogP contribution < -0.4 is 10.1 Å². The number of aromatic nitrogens is 1. The summed E-state index contributed by atoms with van der Waals surface area (Å²) in [5.74, 6) is 2.47. The Kier molecular flexibility index (Phi) is 5.20. The number of rotatable bonds is 6. The third-order valence-corrected chi connectivity index (χ3v) is 4.08. The molecule has 1 heterocycles. The summed E-state index contributed by atoms with van der Waals surface area (Å²) in [6, 6.07) is 2.55. The van der Waals surface area contributed by atoms with Crippen molar-refractivity contribution in [2.75, 3.05) is 13.7 Å². The van der Waals surface area contributed by atoms with Crippen LogP contribution in [-0.2, 0) is 0 Å². The van der Waals surface area contributed by atoms with Crippen LogP contribution in [0, 0.1) is 11.8 Å². The average molecular weight is 262 g/mol. The van der Waals surface area contributed by atoms with Crippen molar-refractivity contribution in [3.8, 4) is 5.75 Å². The molecule has 3 atom stereocenters. The molecular formula is C16H26N2O. The molecule has 106 valence electrons. The van der Waals surface area contributed by atoms with Crippen LogP contribution in [0.15, 0.2) is 18.5 Å². The first-order valence-corrected chi connectivity index (χ1v) is 7.49. The molecule has 0 bridgehead atoms. The van der Waals surface area contributed by atoms with Crippen molar-refractivity contribution in [1.82, 2.24) is 10.3 Å². The normalized spacial score (nSPS) is 24.4. The van der Waals surface area contributed by atoms with E-state index in [-0.39, 0.29) is 0 Å². The van der Waals surface area contributed by atoms with Crippen molar-refractivity contribution in [3.05, 3.63) is 24.0 Å². The quantitative estimate of drug-likeness (QED) is 0.851. The Balaban J connectivity index is 2.09. The van der Waals surface area contributed by atoms with Gasteiger partial charge >= 0.3 is 0 Å². The zero-order valence-electron chi connectivity index (χ0n) is 12.4. The molecule has 3 nitrogen and oxygen atoms in total. The van der Waals surface area contributed by atoms with E-state index in [4.69, 9.17) is 4.74 Å². The summed E-state index contributed by atoms with van der Waals surface area (Å²) in [5.41, 5.74) is 1.26. The first-order chi connectivity index (χ1) is 9.24. The van der Waals surface area contributed by atoms with Gasteiger partial charge in [-0.1, -0.05) is 20.3 Å². The largest absolute Gasteiger partial charge is 0.492 e. The Bertz CT molecular complexity index is 394. The summed E-state index contributed by atoms with van der Waals surface area (Å²) >= 11 is 0. The second kappa shape index (κ2) is 6.90. The molecule has 1 fully saturated rings. The van der Waals surface area contributed by atoms with Crippen LogP contribution in [0.2, 0.25) is 0 Å². The summed E-state index contributed by atoms with van der Waals surface area (Å²) in [6.07, 6.45) is 8.78. The van der Waals surface area contributed by atoms with Crippen LogP contribution in [-0.4, -0.2) is 18.6 Å². The first-order valence-electron chi connectivity index (χ1n) is 7.49. The summed E-state index contributed by atoms with van der Waals surface area (Å²) in [6.45, 7) is 5.23. The van der Waals surface area contributed by atoms with Gasteiger partial charge in [0.2, 0.25) is 0 Å². The minimum atomic E-state index is 0.405. The minimum Gasteiger partial charge on any atom is -0.492 e. The predicted octanol–water partition coefficient (Wildman–Crippen LogP) is 3.57. The van der Waals surface area contributed by atoms with Gasteiger partial charge in [0.15, 0.2) is 0 Å². The topological polar surface area (TPSA) is 34.1 Å². The van der Waals surface area contributed by atoms with Crippen LogP contribution >= 0.6 is 0 Å². The zero-order valence-corrected chi connectivity index (χ0v) is 12.4. The maximum atomic E-state index is 5.68. The molecule has 1 aliphatic rings. The third-order valence-electron chi connectivity index (χ3n) is 4.08. The highest BCUT2D eigenvalue weighted by Crippen LogP contribution is 2.39. The molecule has 0 aliphatic heterocycles. The molecule has 0 amide bonds. The van der Waals surface area contributed by atoms with Crippen molar-refractivity contribution < 1.29 is 4.74 Å². The highest BCUT2D eigenvalue weighted by Gasteiger charge is 2.29. The zero-order chi connectivity index (χ0) is 13.7. The second-order valence-corrected chi connectivity index (χ2v) is 5.75. The molecule has 1 aromatic heterocycles. The standard InChI is InChI=1S/C16H26N2O/c1-4-7-19-15-9-14(10-18-11-15)16(17-3)13-6-5-12(2)8-13/h9-13,16-17H,4-8H2,1-3H3. The fourth-order valence-corrected chi connectivity index (χ4v) is 3.13. The Morgan fingerprint density at radius 3 is 2.89 bits per heavy atom. The number of ether oxygens (including phenoxy) is 1. The molecule has 2 rings (SSSR count). The average Bonchev–Trinajstić information content (AvgIpc) is 2.84. The summed E-state index contributed by atoms with van der Waals surface area (Å²) in [5, 5.41) is 3.47. The van der Waals surface area contributed by atoms with E-state index < -0.39 is 0 Å². The van der Waals surface area contributed by atoms with Gasteiger partial charge in [0.25, 0.3) is 0 Å². The van der Waals surface area contributed by atoms with Gasteiger partial charge in [-0.3, -0.25) is 4.98 Å². The van der Waals surface area contributed by atoms with E-state index in [0.717, 1.165) is 30.6 Å². The number of hydrogen-bond acceptors (Lipinski definition) is 3. The Labute approximate surface area is 116 Å².